The molecule has 0 radical (unpaired) electrons. The maximum absolute atomic E-state index is 11.0. The molecule has 0 aliphatic rings. The van der Waals surface area contributed by atoms with Crippen LogP contribution in [0.2, 0.25) is 0 Å². The van der Waals surface area contributed by atoms with Gasteiger partial charge in [0.15, 0.2) is 0 Å². The number of carbonyl (C=O) groups excluding carboxylic acids is 2. The molecule has 1 aromatic rings. The van der Waals surface area contributed by atoms with Crippen LogP contribution in [0.25, 0.3) is 5.57 Å². The first kappa shape index (κ1) is 20.2. The third-order valence-electron chi connectivity index (χ3n) is 3.04. The van der Waals surface area contributed by atoms with Crippen molar-refractivity contribution >= 4 is 55.2 Å². The minimum absolute atomic E-state index is 0. The predicted octanol–water partition coefficient (Wildman–Crippen LogP) is 0.312. The fraction of sp³-hybridized carbons (Fsp3) is 0.375. The van der Waals surface area contributed by atoms with Gasteiger partial charge in [0.25, 0.3) is 0 Å². The van der Waals surface area contributed by atoms with Crippen molar-refractivity contribution in [1.82, 2.24) is 0 Å². The smallest absolute Gasteiger partial charge is 0.545 e. The Balaban J connectivity index is 0.00000400. The second-order valence-electron chi connectivity index (χ2n) is 4.68. The van der Waals surface area contributed by atoms with Crippen molar-refractivity contribution in [2.24, 2.45) is 0 Å². The van der Waals surface area contributed by atoms with Crippen LogP contribution >= 0.6 is 0 Å². The van der Waals surface area contributed by atoms with Gasteiger partial charge in [-0.15, -0.1) is 0 Å². The summed E-state index contributed by atoms with van der Waals surface area (Å²) < 4.78 is 0. The molecule has 1 aromatic carbocycles. The molecule has 0 aliphatic carbocycles. The summed E-state index contributed by atoms with van der Waals surface area (Å²) in [6, 6.07) is 6.87. The number of carboxylic acids is 2. The predicted molar refractivity (Wildman–Crippen MR) is 78.0 cm³/mol. The molecule has 0 spiro atoms. The number of benzene rings is 1. The van der Waals surface area contributed by atoms with Gasteiger partial charge in [0, 0.05) is 5.57 Å². The van der Waals surface area contributed by atoms with Crippen LogP contribution in [0.1, 0.15) is 43.7 Å². The van der Waals surface area contributed by atoms with Gasteiger partial charge in [0.05, 0.1) is 11.9 Å². The molecule has 0 atom stereocenters. The largest absolute Gasteiger partial charge is 2.00 e. The molecule has 0 N–H and O–H groups in total. The fourth-order valence-corrected chi connectivity index (χ4v) is 2.03. The third-order valence-corrected chi connectivity index (χ3v) is 3.04. The van der Waals surface area contributed by atoms with E-state index in [2.05, 4.69) is 6.92 Å². The molecular formula is C16H18CaO4. The van der Waals surface area contributed by atoms with E-state index in [-0.39, 0.29) is 43.3 Å². The Morgan fingerprint density at radius 1 is 1.14 bits per heavy atom. The van der Waals surface area contributed by atoms with E-state index in [1.807, 2.05) is 6.07 Å². The first-order valence-electron chi connectivity index (χ1n) is 6.78. The number of rotatable bonds is 8. The van der Waals surface area contributed by atoms with E-state index in [0.29, 0.717) is 11.6 Å². The molecule has 0 unspecified atom stereocenters. The van der Waals surface area contributed by atoms with Crippen molar-refractivity contribution in [3.8, 4) is 0 Å². The minimum Gasteiger partial charge on any atom is -0.545 e. The van der Waals surface area contributed by atoms with Gasteiger partial charge >= 0.3 is 37.7 Å². The molecule has 0 saturated heterocycles. The number of hydrogen-bond donors (Lipinski definition) is 0. The number of aryl methyl sites for hydroxylation is 1. The summed E-state index contributed by atoms with van der Waals surface area (Å²) in [6.45, 7) is 2.14. The first-order valence-corrected chi connectivity index (χ1v) is 6.78. The Hall–Kier alpha value is -0.840. The zero-order valence-electron chi connectivity index (χ0n) is 12.3. The van der Waals surface area contributed by atoms with Crippen molar-refractivity contribution in [2.75, 3.05) is 0 Å². The van der Waals surface area contributed by atoms with Gasteiger partial charge in [-0.05, 0) is 30.0 Å². The monoisotopic (exact) mass is 314 g/mol. The molecule has 0 amide bonds. The number of carbonyl (C=O) groups is 2. The van der Waals surface area contributed by atoms with Gasteiger partial charge < -0.3 is 19.8 Å². The summed E-state index contributed by atoms with van der Waals surface area (Å²) >= 11 is 0. The van der Waals surface area contributed by atoms with Crippen LogP contribution in [0.5, 0.6) is 0 Å². The van der Waals surface area contributed by atoms with Gasteiger partial charge in [-0.3, -0.25) is 0 Å². The topological polar surface area (TPSA) is 80.3 Å². The van der Waals surface area contributed by atoms with E-state index in [9.17, 15) is 19.8 Å². The molecule has 0 saturated carbocycles. The van der Waals surface area contributed by atoms with Gasteiger partial charge in [0.2, 0.25) is 0 Å². The van der Waals surface area contributed by atoms with Crippen molar-refractivity contribution in [1.29, 1.82) is 0 Å². The maximum Gasteiger partial charge on any atom is 2.00 e. The van der Waals surface area contributed by atoms with E-state index < -0.39 is 11.9 Å². The molecule has 0 bridgehead atoms. The van der Waals surface area contributed by atoms with Gasteiger partial charge in [-0.25, -0.2) is 0 Å². The third kappa shape index (κ3) is 7.65. The van der Waals surface area contributed by atoms with E-state index in [1.165, 1.54) is 6.42 Å². The minimum atomic E-state index is -1.54. The van der Waals surface area contributed by atoms with Crippen molar-refractivity contribution in [3.05, 3.63) is 41.5 Å². The van der Waals surface area contributed by atoms with Crippen LogP contribution < -0.4 is 10.2 Å². The number of aliphatic carboxylic acids is 2. The Morgan fingerprint density at radius 3 is 2.43 bits per heavy atom. The number of carboxylic acid groups (broad SMARTS) is 2. The summed E-state index contributed by atoms with van der Waals surface area (Å²) in [5, 5.41) is 21.5. The normalized spacial score (nSPS) is 10.8. The SMILES string of the molecule is CCCCCCc1cccc(/C(=C/C(=O)[O-])C(=O)[O-])c1.[Ca+2]. The Morgan fingerprint density at radius 2 is 1.86 bits per heavy atom. The van der Waals surface area contributed by atoms with E-state index in [0.717, 1.165) is 31.2 Å². The van der Waals surface area contributed by atoms with E-state index in [4.69, 9.17) is 0 Å². The fourth-order valence-electron chi connectivity index (χ4n) is 2.03. The molecule has 108 valence electrons. The Kier molecular flexibility index (Phi) is 10.4. The molecular weight excluding hydrogens is 296 g/mol. The standard InChI is InChI=1S/C16H20O4.Ca/c1-2-3-4-5-7-12-8-6-9-13(10-12)14(16(19)20)11-15(17)18;/h6,8-11H,2-5,7H2,1H3,(H,17,18)(H,19,20);/q;+2/p-2/b14-11-;. The first-order chi connectivity index (χ1) is 9.54. The van der Waals surface area contributed by atoms with E-state index in [1.54, 1.807) is 18.2 Å². The number of hydrogen-bond acceptors (Lipinski definition) is 4. The summed E-state index contributed by atoms with van der Waals surface area (Å²) in [6.07, 6.45) is 5.90. The molecule has 5 heteroatoms. The molecule has 0 aliphatic heterocycles. The Bertz CT molecular complexity index is 509. The maximum atomic E-state index is 11.0. The van der Waals surface area contributed by atoms with Gasteiger partial charge in [-0.2, -0.15) is 0 Å². The second kappa shape index (κ2) is 10.8. The van der Waals surface area contributed by atoms with Gasteiger partial charge in [0.1, 0.15) is 0 Å². The average Bonchev–Trinajstić information content (AvgIpc) is 2.41. The summed E-state index contributed by atoms with van der Waals surface area (Å²) in [5.41, 5.74) is 0.965. The van der Waals surface area contributed by atoms with E-state index >= 15 is 0 Å². The molecule has 4 nitrogen and oxygen atoms in total. The molecule has 0 fully saturated rings. The second-order valence-corrected chi connectivity index (χ2v) is 4.68. The van der Waals surface area contributed by atoms with Crippen LogP contribution in [0.4, 0.5) is 0 Å². The van der Waals surface area contributed by atoms with Crippen molar-refractivity contribution in [3.63, 3.8) is 0 Å². The zero-order chi connectivity index (χ0) is 15.0. The van der Waals surface area contributed by atoms with Crippen LogP contribution in [-0.4, -0.2) is 49.7 Å². The average molecular weight is 314 g/mol. The zero-order valence-corrected chi connectivity index (χ0v) is 14.5. The number of unbranched alkanes of at least 4 members (excludes halogenated alkanes) is 3. The van der Waals surface area contributed by atoms with Crippen molar-refractivity contribution < 1.29 is 19.8 Å². The molecule has 0 aromatic heterocycles. The summed E-state index contributed by atoms with van der Waals surface area (Å²) in [4.78, 5) is 21.5. The van der Waals surface area contributed by atoms with Crippen LogP contribution in [-0.2, 0) is 16.0 Å². The molecule has 21 heavy (non-hydrogen) atoms. The van der Waals surface area contributed by atoms with Crippen molar-refractivity contribution in [2.45, 2.75) is 39.0 Å². The van der Waals surface area contributed by atoms with Gasteiger partial charge in [-0.1, -0.05) is 50.5 Å². The van der Waals surface area contributed by atoms with Crippen LogP contribution in [0.3, 0.4) is 0 Å². The quantitative estimate of drug-likeness (QED) is 0.393. The molecule has 1 rings (SSSR count). The molecule has 0 heterocycles. The summed E-state index contributed by atoms with van der Waals surface area (Å²) in [5.74, 6) is -3.06. The summed E-state index contributed by atoms with van der Waals surface area (Å²) in [7, 11) is 0. The Labute approximate surface area is 154 Å². The van der Waals surface area contributed by atoms with Crippen LogP contribution in [0, 0.1) is 0 Å². The van der Waals surface area contributed by atoms with Crippen LogP contribution in [0.15, 0.2) is 30.3 Å².